The highest BCUT2D eigenvalue weighted by molar-refractivity contribution is 5.88. The van der Waals surface area contributed by atoms with Gasteiger partial charge in [-0.2, -0.15) is 5.10 Å². The Labute approximate surface area is 136 Å². The number of likely N-dealkylation sites (tertiary alicyclic amines) is 1. The van der Waals surface area contributed by atoms with Gasteiger partial charge in [0.1, 0.15) is 5.82 Å². The molecule has 2 saturated carbocycles. The van der Waals surface area contributed by atoms with Gasteiger partial charge in [-0.3, -0.25) is 5.32 Å². The van der Waals surface area contributed by atoms with Crippen LogP contribution in [0.4, 0.5) is 10.6 Å². The van der Waals surface area contributed by atoms with E-state index in [-0.39, 0.29) is 12.1 Å². The number of aromatic nitrogens is 2. The molecule has 1 aromatic rings. The molecule has 2 amide bonds. The smallest absolute Gasteiger partial charge is 0.323 e. The van der Waals surface area contributed by atoms with Crippen molar-refractivity contribution in [2.45, 2.75) is 51.2 Å². The number of nitrogens with zero attached hydrogens (tertiary/aromatic N) is 3. The van der Waals surface area contributed by atoms with Crippen molar-refractivity contribution in [3.05, 3.63) is 12.3 Å². The Hall–Kier alpha value is -1.56. The van der Waals surface area contributed by atoms with Gasteiger partial charge in [0.05, 0.1) is 18.3 Å². The second-order valence-electron chi connectivity index (χ2n) is 7.56. The van der Waals surface area contributed by atoms with Gasteiger partial charge in [-0.15, -0.1) is 0 Å². The lowest BCUT2D eigenvalue weighted by molar-refractivity contribution is 0.0866. The fourth-order valence-corrected chi connectivity index (χ4v) is 4.28. The van der Waals surface area contributed by atoms with Crippen LogP contribution in [0.25, 0.3) is 0 Å². The lowest BCUT2D eigenvalue weighted by atomic mass is 9.80. The van der Waals surface area contributed by atoms with E-state index in [9.17, 15) is 9.90 Å². The van der Waals surface area contributed by atoms with Crippen LogP contribution in [0.15, 0.2) is 12.3 Å². The van der Waals surface area contributed by atoms with Gasteiger partial charge < -0.3 is 10.0 Å². The van der Waals surface area contributed by atoms with Crippen LogP contribution in [-0.4, -0.2) is 45.0 Å². The summed E-state index contributed by atoms with van der Waals surface area (Å²) in [5.41, 5.74) is 0. The molecule has 3 fully saturated rings. The van der Waals surface area contributed by atoms with Gasteiger partial charge >= 0.3 is 6.03 Å². The number of hydrogen-bond acceptors (Lipinski definition) is 3. The second-order valence-corrected chi connectivity index (χ2v) is 7.56. The Kier molecular flexibility index (Phi) is 3.79. The average molecular weight is 318 g/mol. The molecule has 0 radical (unpaired) electrons. The monoisotopic (exact) mass is 318 g/mol. The van der Waals surface area contributed by atoms with Crippen LogP contribution < -0.4 is 5.32 Å². The summed E-state index contributed by atoms with van der Waals surface area (Å²) < 4.78 is 1.95. The van der Waals surface area contributed by atoms with Crippen LogP contribution in [0.1, 0.15) is 45.1 Å². The molecule has 4 atom stereocenters. The molecule has 3 aliphatic rings. The van der Waals surface area contributed by atoms with Gasteiger partial charge in [0, 0.05) is 19.2 Å². The van der Waals surface area contributed by atoms with Crippen LogP contribution in [-0.2, 0) is 0 Å². The molecule has 6 heteroatoms. The molecule has 1 aliphatic heterocycles. The number of nitrogens with one attached hydrogen (secondary N) is 1. The highest BCUT2D eigenvalue weighted by Gasteiger charge is 2.39. The Morgan fingerprint density at radius 3 is 2.87 bits per heavy atom. The van der Waals surface area contributed by atoms with E-state index in [0.29, 0.717) is 23.8 Å². The summed E-state index contributed by atoms with van der Waals surface area (Å²) in [4.78, 5) is 14.5. The number of fused-ring (bicyclic) bond motifs is 1. The summed E-state index contributed by atoms with van der Waals surface area (Å²) in [7, 11) is 0. The number of rotatable bonds is 3. The van der Waals surface area contributed by atoms with E-state index < -0.39 is 0 Å². The molecule has 2 heterocycles. The zero-order chi connectivity index (χ0) is 16.0. The molecule has 2 N–H and O–H groups in total. The fraction of sp³-hybridized carbons (Fsp3) is 0.765. The Morgan fingerprint density at radius 1 is 1.30 bits per heavy atom. The fourth-order valence-electron chi connectivity index (χ4n) is 4.28. The summed E-state index contributed by atoms with van der Waals surface area (Å²) in [5, 5.41) is 17.2. The van der Waals surface area contributed by atoms with E-state index >= 15 is 0 Å². The lowest BCUT2D eigenvalue weighted by Crippen LogP contribution is -2.34. The molecular weight excluding hydrogens is 292 g/mol. The van der Waals surface area contributed by atoms with Crippen LogP contribution in [0, 0.1) is 17.8 Å². The molecule has 4 rings (SSSR count). The molecule has 23 heavy (non-hydrogen) atoms. The largest absolute Gasteiger partial charge is 0.393 e. The molecule has 1 saturated heterocycles. The molecule has 126 valence electrons. The van der Waals surface area contributed by atoms with Crippen molar-refractivity contribution in [1.82, 2.24) is 14.7 Å². The van der Waals surface area contributed by atoms with E-state index in [1.807, 2.05) is 15.6 Å². The van der Waals surface area contributed by atoms with Crippen molar-refractivity contribution in [3.8, 4) is 0 Å². The number of carbonyl (C=O) groups excluding carboxylic acids is 1. The SMILES string of the molecule is CC(C1CC1)n1nccc1NC(=O)N1CC2CCC(O)CC2C1. The van der Waals surface area contributed by atoms with Crippen molar-refractivity contribution in [2.24, 2.45) is 17.8 Å². The number of anilines is 1. The zero-order valence-electron chi connectivity index (χ0n) is 13.7. The molecule has 2 aliphatic carbocycles. The van der Waals surface area contributed by atoms with Gasteiger partial charge in [-0.25, -0.2) is 9.48 Å². The quantitative estimate of drug-likeness (QED) is 0.899. The van der Waals surface area contributed by atoms with Crippen LogP contribution in [0.2, 0.25) is 0 Å². The van der Waals surface area contributed by atoms with Crippen molar-refractivity contribution in [1.29, 1.82) is 0 Å². The number of aliphatic hydroxyl groups excluding tert-OH is 1. The molecule has 1 aromatic heterocycles. The summed E-state index contributed by atoms with van der Waals surface area (Å²) in [6.45, 7) is 3.75. The lowest BCUT2D eigenvalue weighted by Gasteiger charge is -2.27. The Balaban J connectivity index is 1.40. The van der Waals surface area contributed by atoms with E-state index in [2.05, 4.69) is 17.3 Å². The number of carbonyl (C=O) groups is 1. The van der Waals surface area contributed by atoms with E-state index in [1.54, 1.807) is 6.20 Å². The molecule has 0 aromatic carbocycles. The van der Waals surface area contributed by atoms with Crippen molar-refractivity contribution in [3.63, 3.8) is 0 Å². The first kappa shape index (κ1) is 15.0. The molecule has 4 unspecified atom stereocenters. The van der Waals surface area contributed by atoms with Crippen molar-refractivity contribution < 1.29 is 9.90 Å². The first-order chi connectivity index (χ1) is 11.1. The average Bonchev–Trinajstić information content (AvgIpc) is 3.13. The predicted octanol–water partition coefficient (Wildman–Crippen LogP) is 2.48. The Bertz CT molecular complexity index is 583. The second kappa shape index (κ2) is 5.82. The highest BCUT2D eigenvalue weighted by atomic mass is 16.3. The minimum Gasteiger partial charge on any atom is -0.393 e. The van der Waals surface area contributed by atoms with Gasteiger partial charge in [-0.05, 0) is 56.8 Å². The third kappa shape index (κ3) is 2.96. The number of urea groups is 1. The predicted molar refractivity (Wildman–Crippen MR) is 87.1 cm³/mol. The molecular formula is C17H26N4O2. The minimum atomic E-state index is -0.180. The maximum absolute atomic E-state index is 12.6. The number of amides is 2. The first-order valence-corrected chi connectivity index (χ1v) is 8.89. The molecule has 6 nitrogen and oxygen atoms in total. The first-order valence-electron chi connectivity index (χ1n) is 8.89. The molecule has 0 bridgehead atoms. The van der Waals surface area contributed by atoms with Gasteiger partial charge in [-0.1, -0.05) is 0 Å². The molecule has 0 spiro atoms. The van der Waals surface area contributed by atoms with Crippen LogP contribution >= 0.6 is 0 Å². The summed E-state index contributed by atoms with van der Waals surface area (Å²) in [5.74, 6) is 2.50. The van der Waals surface area contributed by atoms with E-state index in [4.69, 9.17) is 0 Å². The normalized spacial score (nSPS) is 31.7. The third-order valence-electron chi connectivity index (χ3n) is 5.90. The summed E-state index contributed by atoms with van der Waals surface area (Å²) >= 11 is 0. The third-order valence-corrected chi connectivity index (χ3v) is 5.90. The van der Waals surface area contributed by atoms with E-state index in [0.717, 1.165) is 38.2 Å². The van der Waals surface area contributed by atoms with Gasteiger partial charge in [0.2, 0.25) is 0 Å². The van der Waals surface area contributed by atoms with Crippen molar-refractivity contribution >= 4 is 11.8 Å². The number of hydrogen-bond donors (Lipinski definition) is 2. The standard InChI is InChI=1S/C17H26N4O2/c1-11(12-2-3-12)21-16(6-7-18-21)19-17(23)20-9-13-4-5-15(22)8-14(13)10-20/h6-7,11-15,22H,2-5,8-10H2,1H3,(H,19,23). The van der Waals surface area contributed by atoms with Crippen LogP contribution in [0.5, 0.6) is 0 Å². The summed E-state index contributed by atoms with van der Waals surface area (Å²) in [6.07, 6.45) is 6.84. The number of aliphatic hydroxyl groups is 1. The van der Waals surface area contributed by atoms with Crippen LogP contribution in [0.3, 0.4) is 0 Å². The maximum Gasteiger partial charge on any atom is 0.323 e. The van der Waals surface area contributed by atoms with Crippen molar-refractivity contribution in [2.75, 3.05) is 18.4 Å². The zero-order valence-corrected chi connectivity index (χ0v) is 13.7. The topological polar surface area (TPSA) is 70.4 Å². The summed E-state index contributed by atoms with van der Waals surface area (Å²) in [6, 6.07) is 2.19. The van der Waals surface area contributed by atoms with Gasteiger partial charge in [0.25, 0.3) is 0 Å². The maximum atomic E-state index is 12.6. The van der Waals surface area contributed by atoms with E-state index in [1.165, 1.54) is 12.8 Å². The van der Waals surface area contributed by atoms with Gasteiger partial charge in [0.15, 0.2) is 0 Å². The highest BCUT2D eigenvalue weighted by Crippen LogP contribution is 2.40. The minimum absolute atomic E-state index is 0.0290. The Morgan fingerprint density at radius 2 is 2.09 bits per heavy atom.